The molecule has 2 amide bonds. The van der Waals surface area contributed by atoms with Crippen LogP contribution in [0.15, 0.2) is 47.6 Å². The molecule has 0 aliphatic carbocycles. The molecule has 0 fully saturated rings. The fourth-order valence-corrected chi connectivity index (χ4v) is 2.10. The van der Waals surface area contributed by atoms with E-state index >= 15 is 0 Å². The van der Waals surface area contributed by atoms with Gasteiger partial charge in [-0.15, -0.1) is 0 Å². The molecule has 0 heterocycles. The van der Waals surface area contributed by atoms with Crippen LogP contribution in [0.3, 0.4) is 0 Å². The Morgan fingerprint density at radius 3 is 2.62 bits per heavy atom. The molecule has 0 atom stereocenters. The molecule has 0 aliphatic heterocycles. The van der Waals surface area contributed by atoms with Gasteiger partial charge in [0.25, 0.3) is 17.5 Å². The van der Waals surface area contributed by atoms with Crippen molar-refractivity contribution in [3.63, 3.8) is 0 Å². The first kappa shape index (κ1) is 21.3. The standard InChI is InChI=1S/C18H17FN4O6/c1-28-16-8-14(23(26)27)6-7-15(16)22-17(24)10-21-29-11-18(25)20-9-12-2-4-13(19)5-3-12/h2-8,10H,9,11H2,1H3,(H,20,25)(H,22,24)/b21-10-. The highest BCUT2D eigenvalue weighted by Crippen LogP contribution is 2.28. The molecule has 0 bridgehead atoms. The topological polar surface area (TPSA) is 132 Å². The summed E-state index contributed by atoms with van der Waals surface area (Å²) in [5.74, 6) is -1.45. The first-order valence-electron chi connectivity index (χ1n) is 8.19. The summed E-state index contributed by atoms with van der Waals surface area (Å²) in [6.07, 6.45) is 0.800. The average Bonchev–Trinajstić information content (AvgIpc) is 2.71. The quantitative estimate of drug-likeness (QED) is 0.373. The number of ether oxygens (including phenoxy) is 1. The highest BCUT2D eigenvalue weighted by atomic mass is 19.1. The predicted octanol–water partition coefficient (Wildman–Crippen LogP) is 2.00. The van der Waals surface area contributed by atoms with Gasteiger partial charge in [0.2, 0.25) is 0 Å². The van der Waals surface area contributed by atoms with Crippen LogP contribution in [0.2, 0.25) is 0 Å². The highest BCUT2D eigenvalue weighted by Gasteiger charge is 2.12. The molecule has 2 aromatic rings. The van der Waals surface area contributed by atoms with Crippen LogP contribution >= 0.6 is 0 Å². The van der Waals surface area contributed by atoms with Gasteiger partial charge in [0.15, 0.2) is 6.61 Å². The molecular formula is C18H17FN4O6. The van der Waals surface area contributed by atoms with Crippen LogP contribution in [-0.2, 0) is 21.0 Å². The minimum atomic E-state index is -0.691. The van der Waals surface area contributed by atoms with Gasteiger partial charge in [-0.3, -0.25) is 19.7 Å². The van der Waals surface area contributed by atoms with Crippen molar-refractivity contribution in [1.29, 1.82) is 0 Å². The minimum Gasteiger partial charge on any atom is -0.494 e. The van der Waals surface area contributed by atoms with E-state index in [4.69, 9.17) is 9.57 Å². The van der Waals surface area contributed by atoms with Gasteiger partial charge in [-0.1, -0.05) is 17.3 Å². The third-order valence-electron chi connectivity index (χ3n) is 3.50. The number of nitro benzene ring substituents is 1. The number of nitrogens with zero attached hydrogens (tertiary/aromatic N) is 2. The normalized spacial score (nSPS) is 10.4. The number of halogens is 1. The molecule has 0 aromatic heterocycles. The van der Waals surface area contributed by atoms with E-state index in [1.807, 2.05) is 0 Å². The number of oxime groups is 1. The summed E-state index contributed by atoms with van der Waals surface area (Å²) in [4.78, 5) is 38.3. The Labute approximate surface area is 164 Å². The lowest BCUT2D eigenvalue weighted by molar-refractivity contribution is -0.384. The van der Waals surface area contributed by atoms with E-state index in [1.165, 1.54) is 43.5 Å². The molecule has 0 spiro atoms. The number of amides is 2. The Hall–Kier alpha value is -4.02. The Balaban J connectivity index is 1.77. The number of non-ortho nitro benzene ring substituents is 1. The number of hydrogen-bond acceptors (Lipinski definition) is 7. The summed E-state index contributed by atoms with van der Waals surface area (Å²) in [7, 11) is 1.30. The number of anilines is 1. The van der Waals surface area contributed by atoms with E-state index < -0.39 is 23.3 Å². The molecule has 10 nitrogen and oxygen atoms in total. The smallest absolute Gasteiger partial charge is 0.273 e. The number of hydrogen-bond donors (Lipinski definition) is 2. The van der Waals surface area contributed by atoms with Gasteiger partial charge >= 0.3 is 0 Å². The zero-order valence-electron chi connectivity index (χ0n) is 15.3. The first-order valence-corrected chi connectivity index (χ1v) is 8.19. The van der Waals surface area contributed by atoms with E-state index in [0.29, 0.717) is 5.56 Å². The largest absolute Gasteiger partial charge is 0.494 e. The SMILES string of the molecule is COc1cc([N+](=O)[O-])ccc1NC(=O)/C=N\OCC(=O)NCc1ccc(F)cc1. The Kier molecular flexibility index (Phi) is 7.59. The Bertz CT molecular complexity index is 917. The van der Waals surface area contributed by atoms with Crippen molar-refractivity contribution >= 4 is 29.4 Å². The summed E-state index contributed by atoms with van der Waals surface area (Å²) in [6.45, 7) is -0.238. The van der Waals surface area contributed by atoms with Crippen molar-refractivity contribution in [2.75, 3.05) is 19.0 Å². The maximum Gasteiger partial charge on any atom is 0.273 e. The maximum atomic E-state index is 12.8. The summed E-state index contributed by atoms with van der Waals surface area (Å²) in [6, 6.07) is 9.30. The molecule has 2 rings (SSSR count). The molecule has 2 aromatic carbocycles. The lowest BCUT2D eigenvalue weighted by atomic mass is 10.2. The summed E-state index contributed by atoms with van der Waals surface area (Å²) < 4.78 is 17.8. The number of nitro groups is 1. The van der Waals surface area contributed by atoms with Crippen molar-refractivity contribution in [3.8, 4) is 5.75 Å². The van der Waals surface area contributed by atoms with Gasteiger partial charge in [0.05, 0.1) is 23.8 Å². The molecule has 0 aliphatic rings. The number of rotatable bonds is 9. The fourth-order valence-electron chi connectivity index (χ4n) is 2.10. The van der Waals surface area contributed by atoms with Crippen LogP contribution in [0.5, 0.6) is 5.75 Å². The zero-order chi connectivity index (χ0) is 21.2. The van der Waals surface area contributed by atoms with Gasteiger partial charge in [0, 0.05) is 12.6 Å². The molecular weight excluding hydrogens is 387 g/mol. The maximum absolute atomic E-state index is 12.8. The fraction of sp³-hybridized carbons (Fsp3) is 0.167. The van der Waals surface area contributed by atoms with E-state index in [2.05, 4.69) is 15.8 Å². The molecule has 0 radical (unpaired) electrons. The lowest BCUT2D eigenvalue weighted by Crippen LogP contribution is -2.26. The van der Waals surface area contributed by atoms with E-state index in [0.717, 1.165) is 12.3 Å². The van der Waals surface area contributed by atoms with Gasteiger partial charge in [0.1, 0.15) is 17.8 Å². The second-order valence-electron chi connectivity index (χ2n) is 5.54. The third-order valence-corrected chi connectivity index (χ3v) is 3.50. The van der Waals surface area contributed by atoms with Gasteiger partial charge < -0.3 is 20.2 Å². The van der Waals surface area contributed by atoms with Crippen LogP contribution in [0, 0.1) is 15.9 Å². The zero-order valence-corrected chi connectivity index (χ0v) is 15.3. The average molecular weight is 404 g/mol. The van der Waals surface area contributed by atoms with Crippen molar-refractivity contribution in [3.05, 3.63) is 64.0 Å². The van der Waals surface area contributed by atoms with Gasteiger partial charge in [-0.2, -0.15) is 0 Å². The Morgan fingerprint density at radius 1 is 1.24 bits per heavy atom. The summed E-state index contributed by atoms with van der Waals surface area (Å²) in [5, 5.41) is 19.1. The molecule has 0 saturated heterocycles. The highest BCUT2D eigenvalue weighted by molar-refractivity contribution is 6.31. The molecule has 0 saturated carbocycles. The number of benzene rings is 2. The molecule has 0 unspecified atom stereocenters. The molecule has 11 heteroatoms. The van der Waals surface area contributed by atoms with Crippen LogP contribution in [0.25, 0.3) is 0 Å². The van der Waals surface area contributed by atoms with Crippen molar-refractivity contribution in [1.82, 2.24) is 5.32 Å². The van der Waals surface area contributed by atoms with Crippen LogP contribution in [0.4, 0.5) is 15.8 Å². The van der Waals surface area contributed by atoms with Crippen LogP contribution < -0.4 is 15.4 Å². The molecule has 29 heavy (non-hydrogen) atoms. The lowest BCUT2D eigenvalue weighted by Gasteiger charge is -2.08. The second-order valence-corrected chi connectivity index (χ2v) is 5.54. The van der Waals surface area contributed by atoms with Gasteiger partial charge in [-0.25, -0.2) is 4.39 Å². The van der Waals surface area contributed by atoms with E-state index in [9.17, 15) is 24.1 Å². The summed E-state index contributed by atoms with van der Waals surface area (Å²) in [5.41, 5.74) is 0.717. The minimum absolute atomic E-state index is 0.0991. The predicted molar refractivity (Wildman–Crippen MR) is 101 cm³/mol. The van der Waals surface area contributed by atoms with Crippen LogP contribution in [-0.4, -0.2) is 36.7 Å². The number of nitrogens with one attached hydrogen (secondary N) is 2. The van der Waals surface area contributed by atoms with Crippen molar-refractivity contribution in [2.45, 2.75) is 6.54 Å². The van der Waals surface area contributed by atoms with Crippen LogP contribution in [0.1, 0.15) is 5.56 Å². The number of carbonyl (C=O) groups excluding carboxylic acids is 2. The van der Waals surface area contributed by atoms with Crippen molar-refractivity contribution in [2.24, 2.45) is 5.16 Å². The summed E-state index contributed by atoms with van der Waals surface area (Å²) >= 11 is 0. The number of carbonyl (C=O) groups is 2. The van der Waals surface area contributed by atoms with E-state index in [-0.39, 0.29) is 29.5 Å². The molecule has 152 valence electrons. The monoisotopic (exact) mass is 404 g/mol. The Morgan fingerprint density at radius 2 is 1.97 bits per heavy atom. The van der Waals surface area contributed by atoms with Crippen molar-refractivity contribution < 1.29 is 28.5 Å². The molecule has 2 N–H and O–H groups in total. The second kappa shape index (κ2) is 10.3. The third kappa shape index (κ3) is 6.90. The van der Waals surface area contributed by atoms with Gasteiger partial charge in [-0.05, 0) is 23.8 Å². The number of methoxy groups -OCH3 is 1. The first-order chi connectivity index (χ1) is 13.9. The van der Waals surface area contributed by atoms with E-state index in [1.54, 1.807) is 0 Å².